The number of nitrogens with two attached hydrogens (primary N) is 1. The highest BCUT2D eigenvalue weighted by molar-refractivity contribution is 5.72. The molecule has 0 aromatic heterocycles. The fraction of sp³-hybridized carbons (Fsp3) is 0.385. The minimum absolute atomic E-state index is 0.707. The van der Waals surface area contributed by atoms with Gasteiger partial charge in [0.15, 0.2) is 0 Å². The van der Waals surface area contributed by atoms with E-state index in [1.807, 2.05) is 0 Å². The van der Waals surface area contributed by atoms with Crippen molar-refractivity contribution >= 4 is 5.57 Å². The SMILES string of the molecule is CC1=C(CN)CCc2cc(C)ccc21. The van der Waals surface area contributed by atoms with E-state index in [4.69, 9.17) is 5.73 Å². The normalized spacial score (nSPS) is 15.6. The first-order valence-corrected chi connectivity index (χ1v) is 5.21. The van der Waals surface area contributed by atoms with Crippen molar-refractivity contribution in [3.63, 3.8) is 0 Å². The van der Waals surface area contributed by atoms with Gasteiger partial charge < -0.3 is 5.73 Å². The Bertz CT molecular complexity index is 388. The van der Waals surface area contributed by atoms with Gasteiger partial charge in [0.2, 0.25) is 0 Å². The van der Waals surface area contributed by atoms with Gasteiger partial charge in [-0.2, -0.15) is 0 Å². The first kappa shape index (κ1) is 9.47. The second-order valence-corrected chi connectivity index (χ2v) is 4.09. The summed E-state index contributed by atoms with van der Waals surface area (Å²) < 4.78 is 0. The van der Waals surface area contributed by atoms with E-state index >= 15 is 0 Å². The maximum atomic E-state index is 5.72. The molecule has 1 aliphatic rings. The minimum atomic E-state index is 0.707. The summed E-state index contributed by atoms with van der Waals surface area (Å²) in [7, 11) is 0. The highest BCUT2D eigenvalue weighted by atomic mass is 14.5. The van der Waals surface area contributed by atoms with Crippen molar-refractivity contribution in [2.45, 2.75) is 26.7 Å². The Labute approximate surface area is 85.6 Å². The summed E-state index contributed by atoms with van der Waals surface area (Å²) in [5.74, 6) is 0. The number of benzene rings is 1. The van der Waals surface area contributed by atoms with Crippen LogP contribution < -0.4 is 5.73 Å². The number of hydrogen-bond donors (Lipinski definition) is 1. The monoisotopic (exact) mass is 187 g/mol. The fourth-order valence-corrected chi connectivity index (χ4v) is 2.21. The summed E-state index contributed by atoms with van der Waals surface area (Å²) in [6.45, 7) is 5.05. The van der Waals surface area contributed by atoms with Gasteiger partial charge in [-0.1, -0.05) is 29.3 Å². The predicted molar refractivity (Wildman–Crippen MR) is 61.1 cm³/mol. The van der Waals surface area contributed by atoms with Gasteiger partial charge in [0.1, 0.15) is 0 Å². The van der Waals surface area contributed by atoms with Gasteiger partial charge in [0.05, 0.1) is 0 Å². The molecule has 0 atom stereocenters. The molecule has 0 amide bonds. The summed E-state index contributed by atoms with van der Waals surface area (Å²) in [5, 5.41) is 0. The van der Waals surface area contributed by atoms with E-state index in [9.17, 15) is 0 Å². The molecular formula is C13H17N. The van der Waals surface area contributed by atoms with Gasteiger partial charge in [0, 0.05) is 6.54 Å². The molecule has 0 saturated carbocycles. The third-order valence-corrected chi connectivity index (χ3v) is 3.14. The highest BCUT2D eigenvalue weighted by Crippen LogP contribution is 2.30. The third-order valence-electron chi connectivity index (χ3n) is 3.14. The van der Waals surface area contributed by atoms with Gasteiger partial charge in [-0.3, -0.25) is 0 Å². The van der Waals surface area contributed by atoms with Crippen LogP contribution in [0.1, 0.15) is 30.0 Å². The van der Waals surface area contributed by atoms with Crippen molar-refractivity contribution in [2.75, 3.05) is 6.54 Å². The van der Waals surface area contributed by atoms with Gasteiger partial charge in [-0.25, -0.2) is 0 Å². The van der Waals surface area contributed by atoms with Crippen LogP contribution in [-0.2, 0) is 6.42 Å². The van der Waals surface area contributed by atoms with E-state index in [1.54, 1.807) is 0 Å². The lowest BCUT2D eigenvalue weighted by molar-refractivity contribution is 0.880. The molecule has 0 radical (unpaired) electrons. The Morgan fingerprint density at radius 2 is 2.00 bits per heavy atom. The summed E-state index contributed by atoms with van der Waals surface area (Å²) in [4.78, 5) is 0. The molecule has 0 fully saturated rings. The summed E-state index contributed by atoms with van der Waals surface area (Å²) in [6.07, 6.45) is 2.29. The van der Waals surface area contributed by atoms with Gasteiger partial charge in [-0.05, 0) is 43.4 Å². The topological polar surface area (TPSA) is 26.0 Å². The van der Waals surface area contributed by atoms with Crippen molar-refractivity contribution in [3.8, 4) is 0 Å². The Kier molecular flexibility index (Phi) is 2.42. The average molecular weight is 187 g/mol. The van der Waals surface area contributed by atoms with Crippen molar-refractivity contribution < 1.29 is 0 Å². The maximum Gasteiger partial charge on any atom is 0.0142 e. The highest BCUT2D eigenvalue weighted by Gasteiger charge is 2.14. The first-order chi connectivity index (χ1) is 6.72. The number of aryl methyl sites for hydroxylation is 2. The fourth-order valence-electron chi connectivity index (χ4n) is 2.21. The Morgan fingerprint density at radius 1 is 1.21 bits per heavy atom. The van der Waals surface area contributed by atoms with E-state index in [-0.39, 0.29) is 0 Å². The summed E-state index contributed by atoms with van der Waals surface area (Å²) in [6, 6.07) is 6.71. The molecule has 1 aromatic rings. The number of rotatable bonds is 1. The van der Waals surface area contributed by atoms with Crippen LogP contribution in [0.25, 0.3) is 5.57 Å². The van der Waals surface area contributed by atoms with Crippen molar-refractivity contribution in [3.05, 3.63) is 40.5 Å². The van der Waals surface area contributed by atoms with Crippen LogP contribution in [0.3, 0.4) is 0 Å². The molecular weight excluding hydrogens is 170 g/mol. The largest absolute Gasteiger partial charge is 0.327 e. The zero-order chi connectivity index (χ0) is 10.1. The van der Waals surface area contributed by atoms with E-state index in [2.05, 4.69) is 32.0 Å². The van der Waals surface area contributed by atoms with Crippen molar-refractivity contribution in [2.24, 2.45) is 5.73 Å². The smallest absolute Gasteiger partial charge is 0.0142 e. The Morgan fingerprint density at radius 3 is 2.71 bits per heavy atom. The molecule has 0 aliphatic heterocycles. The molecule has 0 unspecified atom stereocenters. The molecule has 0 saturated heterocycles. The van der Waals surface area contributed by atoms with Gasteiger partial charge >= 0.3 is 0 Å². The Balaban J connectivity index is 2.52. The second kappa shape index (κ2) is 3.58. The van der Waals surface area contributed by atoms with Crippen molar-refractivity contribution in [1.29, 1.82) is 0 Å². The lowest BCUT2D eigenvalue weighted by atomic mass is 9.85. The molecule has 0 spiro atoms. The summed E-state index contributed by atoms with van der Waals surface area (Å²) in [5.41, 5.74) is 12.8. The van der Waals surface area contributed by atoms with Crippen LogP contribution in [0.4, 0.5) is 0 Å². The lowest BCUT2D eigenvalue weighted by Crippen LogP contribution is -2.11. The van der Waals surface area contributed by atoms with Crippen LogP contribution in [0.15, 0.2) is 23.8 Å². The number of hydrogen-bond acceptors (Lipinski definition) is 1. The minimum Gasteiger partial charge on any atom is -0.327 e. The first-order valence-electron chi connectivity index (χ1n) is 5.21. The molecule has 1 nitrogen and oxygen atoms in total. The van der Waals surface area contributed by atoms with Crippen LogP contribution in [0.2, 0.25) is 0 Å². The molecule has 1 heteroatoms. The molecule has 14 heavy (non-hydrogen) atoms. The summed E-state index contributed by atoms with van der Waals surface area (Å²) >= 11 is 0. The molecule has 1 aliphatic carbocycles. The van der Waals surface area contributed by atoms with Crippen LogP contribution in [-0.4, -0.2) is 6.54 Å². The van der Waals surface area contributed by atoms with E-state index in [0.29, 0.717) is 6.54 Å². The molecule has 0 heterocycles. The molecule has 2 N–H and O–H groups in total. The predicted octanol–water partition coefficient (Wildman–Crippen LogP) is 2.67. The molecule has 1 aromatic carbocycles. The number of allylic oxidation sites excluding steroid dienone is 1. The molecule has 74 valence electrons. The van der Waals surface area contributed by atoms with Crippen LogP contribution in [0.5, 0.6) is 0 Å². The standard InChI is InChI=1S/C13H17N/c1-9-3-6-13-10(2)12(8-14)5-4-11(13)7-9/h3,6-7H,4-5,8,14H2,1-2H3. The zero-order valence-corrected chi connectivity index (χ0v) is 8.93. The number of fused-ring (bicyclic) bond motifs is 1. The van der Waals surface area contributed by atoms with E-state index in [1.165, 1.54) is 27.8 Å². The third kappa shape index (κ3) is 1.48. The lowest BCUT2D eigenvalue weighted by Gasteiger charge is -2.20. The zero-order valence-electron chi connectivity index (χ0n) is 8.93. The van der Waals surface area contributed by atoms with Gasteiger partial charge in [0.25, 0.3) is 0 Å². The quantitative estimate of drug-likeness (QED) is 0.718. The van der Waals surface area contributed by atoms with Crippen molar-refractivity contribution in [1.82, 2.24) is 0 Å². The van der Waals surface area contributed by atoms with E-state index in [0.717, 1.165) is 12.8 Å². The van der Waals surface area contributed by atoms with Crippen LogP contribution in [0, 0.1) is 6.92 Å². The second-order valence-electron chi connectivity index (χ2n) is 4.09. The molecule has 2 rings (SSSR count). The van der Waals surface area contributed by atoms with Gasteiger partial charge in [-0.15, -0.1) is 0 Å². The molecule has 0 bridgehead atoms. The maximum absolute atomic E-state index is 5.72. The average Bonchev–Trinajstić information content (AvgIpc) is 2.18. The van der Waals surface area contributed by atoms with E-state index < -0.39 is 0 Å². The van der Waals surface area contributed by atoms with Crippen LogP contribution >= 0.6 is 0 Å². The Hall–Kier alpha value is -1.08.